The summed E-state index contributed by atoms with van der Waals surface area (Å²) in [4.78, 5) is 16.5. The zero-order chi connectivity index (χ0) is 18.1. The van der Waals surface area contributed by atoms with Gasteiger partial charge >= 0.3 is 0 Å². The van der Waals surface area contributed by atoms with Crippen molar-refractivity contribution in [2.75, 3.05) is 59.0 Å². The van der Waals surface area contributed by atoms with Gasteiger partial charge in [-0.15, -0.1) is 0 Å². The Bertz CT molecular complexity index is 608. The molecule has 148 valence electrons. The number of likely N-dealkylation sites (tertiary alicyclic amines) is 1. The van der Waals surface area contributed by atoms with Crippen LogP contribution in [0.3, 0.4) is 0 Å². The van der Waals surface area contributed by atoms with Crippen molar-refractivity contribution in [3.63, 3.8) is 0 Å². The Morgan fingerprint density at radius 1 is 0.962 bits per heavy atom. The highest BCUT2D eigenvalue weighted by molar-refractivity contribution is 7.89. The minimum Gasteiger partial charge on any atom is -0.379 e. The Hall–Kier alpha value is -0.700. The predicted molar refractivity (Wildman–Crippen MR) is 98.2 cm³/mol. The Morgan fingerprint density at radius 2 is 1.65 bits per heavy atom. The molecule has 0 N–H and O–H groups in total. The van der Waals surface area contributed by atoms with Crippen molar-refractivity contribution in [2.24, 2.45) is 11.8 Å². The molecule has 0 radical (unpaired) electrons. The average molecular weight is 386 g/mol. The van der Waals surface area contributed by atoms with Gasteiger partial charge in [-0.2, -0.15) is 0 Å². The highest BCUT2D eigenvalue weighted by Crippen LogP contribution is 2.31. The van der Waals surface area contributed by atoms with Gasteiger partial charge in [0.15, 0.2) is 0 Å². The van der Waals surface area contributed by atoms with E-state index >= 15 is 0 Å². The van der Waals surface area contributed by atoms with Crippen molar-refractivity contribution >= 4 is 15.9 Å². The maximum atomic E-state index is 12.9. The van der Waals surface area contributed by atoms with E-state index in [1.165, 1.54) is 0 Å². The number of ether oxygens (including phenoxy) is 1. The molecule has 0 spiro atoms. The molecule has 4 rings (SSSR count). The second-order valence-corrected chi connectivity index (χ2v) is 10.5. The molecule has 0 aromatic carbocycles. The quantitative estimate of drug-likeness (QED) is 0.684. The molecule has 4 aliphatic rings. The summed E-state index contributed by atoms with van der Waals surface area (Å²) in [7, 11) is -3.27. The van der Waals surface area contributed by atoms with Crippen molar-refractivity contribution < 1.29 is 17.9 Å². The highest BCUT2D eigenvalue weighted by atomic mass is 32.2. The molecule has 8 heteroatoms. The fourth-order valence-corrected chi connectivity index (χ4v) is 6.71. The molecular weight excluding hydrogens is 354 g/mol. The molecule has 3 heterocycles. The normalized spacial score (nSPS) is 30.0. The molecule has 7 nitrogen and oxygen atoms in total. The van der Waals surface area contributed by atoms with E-state index in [2.05, 4.69) is 4.90 Å². The molecule has 4 fully saturated rings. The number of rotatable bonds is 5. The van der Waals surface area contributed by atoms with Gasteiger partial charge in [0.05, 0.1) is 13.2 Å². The summed E-state index contributed by atoms with van der Waals surface area (Å²) in [5.41, 5.74) is 0. The Balaban J connectivity index is 1.26. The largest absolute Gasteiger partial charge is 0.379 e. The number of carbonyl (C=O) groups is 1. The highest BCUT2D eigenvalue weighted by Gasteiger charge is 2.45. The number of sulfonamides is 1. The van der Waals surface area contributed by atoms with Crippen LogP contribution in [0.25, 0.3) is 0 Å². The van der Waals surface area contributed by atoms with Crippen LogP contribution in [0, 0.1) is 11.8 Å². The maximum Gasteiger partial charge on any atom is 0.225 e. The smallest absolute Gasteiger partial charge is 0.225 e. The van der Waals surface area contributed by atoms with Crippen molar-refractivity contribution in [3.05, 3.63) is 0 Å². The standard InChI is InChI=1S/C18H31N3O4S/c22-18(16-3-1-2-4-16)20-13-17(14-20)26(23,24)21-6-5-15(12-21)11-19-7-9-25-10-8-19/h15-17H,1-14H2. The van der Waals surface area contributed by atoms with Crippen LogP contribution in [0.2, 0.25) is 0 Å². The fourth-order valence-electron chi connectivity index (χ4n) is 4.77. The lowest BCUT2D eigenvalue weighted by Crippen LogP contribution is -2.60. The number of nitrogens with zero attached hydrogens (tertiary/aromatic N) is 3. The SMILES string of the molecule is O=C(C1CCCC1)N1CC(S(=O)(=O)N2CCC(CN3CCOCC3)C2)C1. The second kappa shape index (κ2) is 7.73. The van der Waals surface area contributed by atoms with Crippen molar-refractivity contribution in [3.8, 4) is 0 Å². The molecule has 0 bridgehead atoms. The molecule has 3 saturated heterocycles. The first kappa shape index (κ1) is 18.7. The van der Waals surface area contributed by atoms with E-state index in [1.54, 1.807) is 9.21 Å². The van der Waals surface area contributed by atoms with E-state index < -0.39 is 15.3 Å². The number of amides is 1. The summed E-state index contributed by atoms with van der Waals surface area (Å²) < 4.78 is 32.9. The van der Waals surface area contributed by atoms with Crippen molar-refractivity contribution in [1.29, 1.82) is 0 Å². The molecule has 1 unspecified atom stereocenters. The third kappa shape index (κ3) is 3.79. The van der Waals surface area contributed by atoms with Crippen LogP contribution >= 0.6 is 0 Å². The zero-order valence-corrected chi connectivity index (χ0v) is 16.3. The van der Waals surface area contributed by atoms with Crippen LogP contribution in [-0.4, -0.2) is 92.7 Å². The Morgan fingerprint density at radius 3 is 2.35 bits per heavy atom. The van der Waals surface area contributed by atoms with Crippen LogP contribution in [0.5, 0.6) is 0 Å². The van der Waals surface area contributed by atoms with E-state index in [-0.39, 0.29) is 11.8 Å². The van der Waals surface area contributed by atoms with E-state index in [0.29, 0.717) is 32.1 Å². The predicted octanol–water partition coefficient (Wildman–Crippen LogP) is 0.371. The van der Waals surface area contributed by atoms with Crippen LogP contribution < -0.4 is 0 Å². The maximum absolute atomic E-state index is 12.9. The molecule has 1 amide bonds. The van der Waals surface area contributed by atoms with E-state index in [9.17, 15) is 13.2 Å². The van der Waals surface area contributed by atoms with E-state index in [4.69, 9.17) is 4.74 Å². The second-order valence-electron chi connectivity index (χ2n) is 8.32. The van der Waals surface area contributed by atoms with Gasteiger partial charge in [0.1, 0.15) is 5.25 Å². The van der Waals surface area contributed by atoms with Crippen molar-refractivity contribution in [1.82, 2.24) is 14.1 Å². The van der Waals surface area contributed by atoms with Crippen LogP contribution in [0.4, 0.5) is 0 Å². The van der Waals surface area contributed by atoms with Gasteiger partial charge < -0.3 is 9.64 Å². The van der Waals surface area contributed by atoms with E-state index in [1.807, 2.05) is 0 Å². The topological polar surface area (TPSA) is 70.2 Å². The number of morpholine rings is 1. The summed E-state index contributed by atoms with van der Waals surface area (Å²) in [5, 5.41) is -0.394. The fraction of sp³-hybridized carbons (Fsp3) is 0.944. The number of hydrogen-bond acceptors (Lipinski definition) is 5. The van der Waals surface area contributed by atoms with Crippen LogP contribution in [-0.2, 0) is 19.6 Å². The summed E-state index contributed by atoms with van der Waals surface area (Å²) in [6.45, 7) is 6.46. The summed E-state index contributed by atoms with van der Waals surface area (Å²) >= 11 is 0. The lowest BCUT2D eigenvalue weighted by molar-refractivity contribution is -0.138. The van der Waals surface area contributed by atoms with Gasteiger partial charge in [0.25, 0.3) is 0 Å². The Kier molecular flexibility index (Phi) is 5.55. The third-order valence-electron chi connectivity index (χ3n) is 6.51. The van der Waals surface area contributed by atoms with Gasteiger partial charge in [0, 0.05) is 51.7 Å². The van der Waals surface area contributed by atoms with E-state index in [0.717, 1.165) is 65.0 Å². The summed E-state index contributed by atoms with van der Waals surface area (Å²) in [6, 6.07) is 0. The first-order chi connectivity index (χ1) is 12.5. The van der Waals surface area contributed by atoms with Gasteiger partial charge in [-0.3, -0.25) is 9.69 Å². The third-order valence-corrected chi connectivity index (χ3v) is 8.71. The van der Waals surface area contributed by atoms with Crippen molar-refractivity contribution in [2.45, 2.75) is 37.4 Å². The molecule has 1 saturated carbocycles. The van der Waals surface area contributed by atoms with Crippen LogP contribution in [0.15, 0.2) is 0 Å². The van der Waals surface area contributed by atoms with Gasteiger partial charge in [0.2, 0.25) is 15.9 Å². The minimum absolute atomic E-state index is 0.142. The monoisotopic (exact) mass is 385 g/mol. The lowest BCUT2D eigenvalue weighted by Gasteiger charge is -2.41. The summed E-state index contributed by atoms with van der Waals surface area (Å²) in [5.74, 6) is 0.739. The van der Waals surface area contributed by atoms with Crippen LogP contribution in [0.1, 0.15) is 32.1 Å². The van der Waals surface area contributed by atoms with Gasteiger partial charge in [-0.1, -0.05) is 12.8 Å². The first-order valence-corrected chi connectivity index (χ1v) is 11.6. The van der Waals surface area contributed by atoms with Gasteiger partial charge in [-0.05, 0) is 25.2 Å². The Labute approximate surface area is 156 Å². The number of hydrogen-bond donors (Lipinski definition) is 0. The molecule has 0 aromatic rings. The molecule has 1 aliphatic carbocycles. The van der Waals surface area contributed by atoms with Gasteiger partial charge in [-0.25, -0.2) is 12.7 Å². The molecule has 3 aliphatic heterocycles. The number of carbonyl (C=O) groups excluding carboxylic acids is 1. The minimum atomic E-state index is -3.27. The average Bonchev–Trinajstić information content (AvgIpc) is 3.26. The molecule has 1 atom stereocenters. The lowest BCUT2D eigenvalue weighted by atomic mass is 10.0. The summed E-state index contributed by atoms with van der Waals surface area (Å²) in [6.07, 6.45) is 5.15. The molecule has 0 aromatic heterocycles. The first-order valence-electron chi connectivity index (χ1n) is 10.1. The molecule has 26 heavy (non-hydrogen) atoms. The molecular formula is C18H31N3O4S. The zero-order valence-electron chi connectivity index (χ0n) is 15.5.